The molecule has 0 amide bonds. The molecule has 0 aromatic heterocycles. The number of aliphatic hydroxyl groups excluding tert-OH is 1. The second kappa shape index (κ2) is 5.93. The molecule has 1 fully saturated rings. The van der Waals surface area contributed by atoms with E-state index in [0.29, 0.717) is 12.0 Å². The molecule has 1 heterocycles. The van der Waals surface area contributed by atoms with Gasteiger partial charge in [-0.1, -0.05) is 18.6 Å². The van der Waals surface area contributed by atoms with E-state index in [1.807, 2.05) is 0 Å². The largest absolute Gasteiger partial charge is 0.388 e. The summed E-state index contributed by atoms with van der Waals surface area (Å²) in [6.45, 7) is 0.967. The van der Waals surface area contributed by atoms with Gasteiger partial charge in [-0.15, -0.1) is 0 Å². The molecule has 18 heavy (non-hydrogen) atoms. The molecule has 0 bridgehead atoms. The second-order valence-electron chi connectivity index (χ2n) is 4.71. The van der Waals surface area contributed by atoms with Crippen LogP contribution in [0.3, 0.4) is 0 Å². The molecule has 1 aromatic carbocycles. The van der Waals surface area contributed by atoms with Crippen LogP contribution < -0.4 is 5.32 Å². The second-order valence-corrected chi connectivity index (χ2v) is 4.71. The highest BCUT2D eigenvalue weighted by molar-refractivity contribution is 5.41. The van der Waals surface area contributed by atoms with Crippen molar-refractivity contribution in [3.8, 4) is 0 Å². The first-order valence-corrected chi connectivity index (χ1v) is 6.33. The highest BCUT2D eigenvalue weighted by Crippen LogP contribution is 2.28. The summed E-state index contributed by atoms with van der Waals surface area (Å²) in [4.78, 5) is 10.5. The Bertz CT molecular complexity index is 416. The van der Waals surface area contributed by atoms with Gasteiger partial charge in [-0.05, 0) is 31.9 Å². The number of piperidine rings is 1. The molecule has 2 unspecified atom stereocenters. The fraction of sp³-hybridized carbons (Fsp3) is 0.538. The molecule has 0 spiro atoms. The average molecular weight is 250 g/mol. The Hall–Kier alpha value is -1.46. The molecule has 2 rings (SSSR count). The van der Waals surface area contributed by atoms with Crippen molar-refractivity contribution < 1.29 is 10.0 Å². The van der Waals surface area contributed by atoms with E-state index in [0.717, 1.165) is 25.8 Å². The third-order valence-corrected chi connectivity index (χ3v) is 3.41. The van der Waals surface area contributed by atoms with Crippen LogP contribution in [0.4, 0.5) is 5.69 Å². The number of nitrogens with zero attached hydrogens (tertiary/aromatic N) is 1. The molecule has 0 aliphatic carbocycles. The lowest BCUT2D eigenvalue weighted by Crippen LogP contribution is -2.35. The first-order valence-electron chi connectivity index (χ1n) is 6.33. The van der Waals surface area contributed by atoms with Crippen molar-refractivity contribution >= 4 is 5.69 Å². The average Bonchev–Trinajstić information content (AvgIpc) is 2.40. The van der Waals surface area contributed by atoms with Crippen LogP contribution in [0.1, 0.15) is 37.4 Å². The SMILES string of the molecule is O=[N+]([O-])c1ccccc1C(O)CC1CCCCN1. The first-order chi connectivity index (χ1) is 8.68. The highest BCUT2D eigenvalue weighted by atomic mass is 16.6. The zero-order chi connectivity index (χ0) is 13.0. The van der Waals surface area contributed by atoms with Gasteiger partial charge in [-0.3, -0.25) is 10.1 Å². The smallest absolute Gasteiger partial charge is 0.275 e. The van der Waals surface area contributed by atoms with Crippen LogP contribution in [-0.4, -0.2) is 22.6 Å². The Balaban J connectivity index is 2.08. The molecule has 98 valence electrons. The summed E-state index contributed by atoms with van der Waals surface area (Å²) in [5.74, 6) is 0. The van der Waals surface area contributed by atoms with Crippen LogP contribution in [0, 0.1) is 10.1 Å². The van der Waals surface area contributed by atoms with Crippen molar-refractivity contribution in [2.75, 3.05) is 6.54 Å². The minimum atomic E-state index is -0.776. The van der Waals surface area contributed by atoms with Gasteiger partial charge in [0.15, 0.2) is 0 Å². The number of nitro benzene ring substituents is 1. The molecule has 0 saturated carbocycles. The summed E-state index contributed by atoms with van der Waals surface area (Å²) in [5, 5.41) is 24.4. The molecular weight excluding hydrogens is 232 g/mol. The zero-order valence-corrected chi connectivity index (χ0v) is 10.2. The highest BCUT2D eigenvalue weighted by Gasteiger charge is 2.23. The lowest BCUT2D eigenvalue weighted by Gasteiger charge is -2.25. The van der Waals surface area contributed by atoms with Crippen LogP contribution >= 0.6 is 0 Å². The van der Waals surface area contributed by atoms with Crippen molar-refractivity contribution in [1.29, 1.82) is 0 Å². The van der Waals surface area contributed by atoms with Gasteiger partial charge in [0.25, 0.3) is 5.69 Å². The van der Waals surface area contributed by atoms with Crippen LogP contribution in [0.5, 0.6) is 0 Å². The van der Waals surface area contributed by atoms with Crippen molar-refractivity contribution in [3.05, 3.63) is 39.9 Å². The molecule has 2 N–H and O–H groups in total. The Morgan fingerprint density at radius 3 is 2.89 bits per heavy atom. The number of hydrogen-bond donors (Lipinski definition) is 2. The van der Waals surface area contributed by atoms with E-state index in [2.05, 4.69) is 5.32 Å². The molecule has 2 atom stereocenters. The Morgan fingerprint density at radius 1 is 1.44 bits per heavy atom. The molecule has 1 aliphatic rings. The number of hydrogen-bond acceptors (Lipinski definition) is 4. The summed E-state index contributed by atoms with van der Waals surface area (Å²) in [7, 11) is 0. The van der Waals surface area contributed by atoms with Crippen molar-refractivity contribution in [2.24, 2.45) is 0 Å². The molecule has 1 saturated heterocycles. The van der Waals surface area contributed by atoms with E-state index < -0.39 is 11.0 Å². The normalized spacial score (nSPS) is 21.5. The summed E-state index contributed by atoms with van der Waals surface area (Å²) < 4.78 is 0. The standard InChI is InChI=1S/C13H18N2O3/c16-13(9-10-5-3-4-8-14-10)11-6-1-2-7-12(11)15(17)18/h1-2,6-7,10,13-14,16H,3-5,8-9H2. The molecule has 5 heteroatoms. The molecule has 5 nitrogen and oxygen atoms in total. The van der Waals surface area contributed by atoms with E-state index in [1.54, 1.807) is 18.2 Å². The van der Waals surface area contributed by atoms with Gasteiger partial charge in [0.05, 0.1) is 16.6 Å². The van der Waals surface area contributed by atoms with Crippen LogP contribution in [0.25, 0.3) is 0 Å². The number of nitrogens with one attached hydrogen (secondary N) is 1. The summed E-state index contributed by atoms with van der Waals surface area (Å²) >= 11 is 0. The van der Waals surface area contributed by atoms with E-state index in [-0.39, 0.29) is 11.7 Å². The maximum Gasteiger partial charge on any atom is 0.275 e. The summed E-state index contributed by atoms with van der Waals surface area (Å²) in [5.41, 5.74) is 0.413. The van der Waals surface area contributed by atoms with Crippen LogP contribution in [-0.2, 0) is 0 Å². The number of nitro groups is 1. The van der Waals surface area contributed by atoms with E-state index in [4.69, 9.17) is 0 Å². The first kappa shape index (κ1) is 13.0. The predicted octanol–water partition coefficient (Wildman–Crippen LogP) is 2.16. The van der Waals surface area contributed by atoms with Gasteiger partial charge < -0.3 is 10.4 Å². The minimum absolute atomic E-state index is 0.000749. The van der Waals surface area contributed by atoms with Crippen molar-refractivity contribution in [3.63, 3.8) is 0 Å². The lowest BCUT2D eigenvalue weighted by molar-refractivity contribution is -0.386. The van der Waals surface area contributed by atoms with Gasteiger partial charge in [0.2, 0.25) is 0 Å². The van der Waals surface area contributed by atoms with E-state index >= 15 is 0 Å². The fourth-order valence-electron chi connectivity index (χ4n) is 2.46. The van der Waals surface area contributed by atoms with Crippen molar-refractivity contribution in [2.45, 2.75) is 37.8 Å². The minimum Gasteiger partial charge on any atom is -0.388 e. The van der Waals surface area contributed by atoms with E-state index in [1.165, 1.54) is 6.07 Å². The van der Waals surface area contributed by atoms with Gasteiger partial charge >= 0.3 is 0 Å². The number of para-hydroxylation sites is 1. The molecule has 1 aromatic rings. The van der Waals surface area contributed by atoms with Gasteiger partial charge in [0, 0.05) is 12.1 Å². The van der Waals surface area contributed by atoms with Gasteiger partial charge in [0.1, 0.15) is 0 Å². The van der Waals surface area contributed by atoms with Crippen molar-refractivity contribution in [1.82, 2.24) is 5.32 Å². The fourth-order valence-corrected chi connectivity index (χ4v) is 2.46. The predicted molar refractivity (Wildman–Crippen MR) is 68.3 cm³/mol. The third kappa shape index (κ3) is 3.05. The molecule has 0 radical (unpaired) electrons. The van der Waals surface area contributed by atoms with Crippen LogP contribution in [0.15, 0.2) is 24.3 Å². The number of benzene rings is 1. The topological polar surface area (TPSA) is 75.4 Å². The Morgan fingerprint density at radius 2 is 2.22 bits per heavy atom. The third-order valence-electron chi connectivity index (χ3n) is 3.41. The van der Waals surface area contributed by atoms with E-state index in [9.17, 15) is 15.2 Å². The maximum absolute atomic E-state index is 10.9. The van der Waals surface area contributed by atoms with Gasteiger partial charge in [-0.25, -0.2) is 0 Å². The maximum atomic E-state index is 10.9. The number of aliphatic hydroxyl groups is 1. The quantitative estimate of drug-likeness (QED) is 0.634. The summed E-state index contributed by atoms with van der Waals surface area (Å²) in [6.07, 6.45) is 3.10. The monoisotopic (exact) mass is 250 g/mol. The Kier molecular flexibility index (Phi) is 4.28. The summed E-state index contributed by atoms with van der Waals surface area (Å²) in [6, 6.07) is 6.67. The molecule has 1 aliphatic heterocycles. The Labute approximate surface area is 106 Å². The van der Waals surface area contributed by atoms with Crippen LogP contribution in [0.2, 0.25) is 0 Å². The number of rotatable bonds is 4. The lowest BCUT2D eigenvalue weighted by atomic mass is 9.95. The zero-order valence-electron chi connectivity index (χ0n) is 10.2. The van der Waals surface area contributed by atoms with Gasteiger partial charge in [-0.2, -0.15) is 0 Å². The molecular formula is C13H18N2O3.